The quantitative estimate of drug-likeness (QED) is 0.693. The lowest BCUT2D eigenvalue weighted by Gasteiger charge is -2.13. The van der Waals surface area contributed by atoms with Gasteiger partial charge in [-0.1, -0.05) is 26.0 Å². The molecule has 0 saturated carbocycles. The molecular formula is C17H29NOS. The van der Waals surface area contributed by atoms with Gasteiger partial charge in [0.25, 0.3) is 0 Å². The van der Waals surface area contributed by atoms with E-state index in [4.69, 9.17) is 4.74 Å². The minimum absolute atomic E-state index is 0.574. The molecule has 0 bridgehead atoms. The van der Waals surface area contributed by atoms with E-state index < -0.39 is 0 Å². The monoisotopic (exact) mass is 295 g/mol. The zero-order valence-corrected chi connectivity index (χ0v) is 14.1. The van der Waals surface area contributed by atoms with E-state index in [1.165, 1.54) is 17.7 Å². The van der Waals surface area contributed by atoms with Crippen molar-refractivity contribution in [3.8, 4) is 5.75 Å². The summed E-state index contributed by atoms with van der Waals surface area (Å²) in [6.45, 7) is 8.43. The largest absolute Gasteiger partial charge is 0.494 e. The smallest absolute Gasteiger partial charge is 0.119 e. The van der Waals surface area contributed by atoms with E-state index in [2.05, 4.69) is 56.6 Å². The van der Waals surface area contributed by atoms with Crippen LogP contribution in [0.4, 0.5) is 0 Å². The Morgan fingerprint density at radius 3 is 2.40 bits per heavy atom. The molecule has 0 aliphatic heterocycles. The molecular weight excluding hydrogens is 266 g/mol. The van der Waals surface area contributed by atoms with Crippen molar-refractivity contribution in [2.45, 2.75) is 46.2 Å². The first-order chi connectivity index (χ1) is 9.61. The zero-order valence-electron chi connectivity index (χ0n) is 13.3. The van der Waals surface area contributed by atoms with Crippen LogP contribution >= 0.6 is 11.8 Å². The van der Waals surface area contributed by atoms with Crippen LogP contribution < -0.4 is 10.1 Å². The van der Waals surface area contributed by atoms with Gasteiger partial charge < -0.3 is 10.1 Å². The summed E-state index contributed by atoms with van der Waals surface area (Å²) in [4.78, 5) is 0. The van der Waals surface area contributed by atoms with Crippen molar-refractivity contribution in [3.05, 3.63) is 29.8 Å². The van der Waals surface area contributed by atoms with Gasteiger partial charge in [-0.25, -0.2) is 0 Å². The maximum absolute atomic E-state index is 5.73. The predicted octanol–water partition coefficient (Wildman–Crippen LogP) is 4.34. The summed E-state index contributed by atoms with van der Waals surface area (Å²) in [6, 6.07) is 9.02. The van der Waals surface area contributed by atoms with Crippen molar-refractivity contribution in [3.63, 3.8) is 0 Å². The van der Waals surface area contributed by atoms with E-state index in [9.17, 15) is 0 Å². The number of thioether (sulfide) groups is 1. The van der Waals surface area contributed by atoms with Gasteiger partial charge in [-0.05, 0) is 55.4 Å². The average Bonchev–Trinajstić information content (AvgIpc) is 2.44. The fourth-order valence-electron chi connectivity index (χ4n) is 1.80. The Hall–Kier alpha value is -0.670. The van der Waals surface area contributed by atoms with Crippen molar-refractivity contribution >= 4 is 11.8 Å². The zero-order chi connectivity index (χ0) is 14.8. The molecule has 20 heavy (non-hydrogen) atoms. The molecule has 0 spiro atoms. The summed E-state index contributed by atoms with van der Waals surface area (Å²) in [6.07, 6.45) is 4.48. The predicted molar refractivity (Wildman–Crippen MR) is 90.7 cm³/mol. The molecule has 0 aliphatic carbocycles. The maximum Gasteiger partial charge on any atom is 0.119 e. The van der Waals surface area contributed by atoms with Crippen molar-refractivity contribution in [1.82, 2.24) is 5.32 Å². The van der Waals surface area contributed by atoms with Gasteiger partial charge in [0.1, 0.15) is 5.75 Å². The lowest BCUT2D eigenvalue weighted by molar-refractivity contribution is 0.289. The first kappa shape index (κ1) is 17.4. The molecule has 0 aromatic heterocycles. The summed E-state index contributed by atoms with van der Waals surface area (Å²) in [5.41, 5.74) is 1.32. The van der Waals surface area contributed by atoms with Gasteiger partial charge in [0.15, 0.2) is 0 Å². The number of rotatable bonds is 10. The molecule has 1 rings (SSSR count). The van der Waals surface area contributed by atoms with Crippen LogP contribution in [0.1, 0.15) is 39.2 Å². The first-order valence-corrected chi connectivity index (χ1v) is 8.95. The fourth-order valence-corrected chi connectivity index (χ4v) is 2.39. The molecule has 114 valence electrons. The number of nitrogens with one attached hydrogen (secondary N) is 1. The molecule has 0 fully saturated rings. The Balaban J connectivity index is 2.27. The van der Waals surface area contributed by atoms with Crippen LogP contribution in [0, 0.1) is 5.92 Å². The maximum atomic E-state index is 5.73. The highest BCUT2D eigenvalue weighted by atomic mass is 32.2. The SMILES string of the molecule is CSCCC(C)NCc1ccc(OCCC(C)C)cc1. The highest BCUT2D eigenvalue weighted by Crippen LogP contribution is 2.13. The van der Waals surface area contributed by atoms with E-state index >= 15 is 0 Å². The van der Waals surface area contributed by atoms with E-state index in [1.54, 1.807) is 0 Å². The first-order valence-electron chi connectivity index (χ1n) is 7.56. The number of ether oxygens (including phenoxy) is 1. The molecule has 2 nitrogen and oxygen atoms in total. The molecule has 0 amide bonds. The van der Waals surface area contributed by atoms with Gasteiger partial charge in [-0.3, -0.25) is 0 Å². The molecule has 0 aliphatic rings. The van der Waals surface area contributed by atoms with E-state index in [0.717, 1.165) is 25.3 Å². The van der Waals surface area contributed by atoms with Crippen LogP contribution in [0.3, 0.4) is 0 Å². The summed E-state index contributed by atoms with van der Waals surface area (Å²) >= 11 is 1.91. The minimum Gasteiger partial charge on any atom is -0.494 e. The molecule has 0 saturated heterocycles. The summed E-state index contributed by atoms with van der Waals surface area (Å²) in [5.74, 6) is 2.89. The minimum atomic E-state index is 0.574. The Morgan fingerprint density at radius 2 is 1.80 bits per heavy atom. The highest BCUT2D eigenvalue weighted by Gasteiger charge is 2.02. The number of hydrogen-bond donors (Lipinski definition) is 1. The lowest BCUT2D eigenvalue weighted by Crippen LogP contribution is -2.25. The summed E-state index contributed by atoms with van der Waals surface area (Å²) in [7, 11) is 0. The van der Waals surface area contributed by atoms with Gasteiger partial charge in [-0.2, -0.15) is 11.8 Å². The van der Waals surface area contributed by atoms with Gasteiger partial charge in [-0.15, -0.1) is 0 Å². The molecule has 1 aromatic carbocycles. The third kappa shape index (κ3) is 7.81. The molecule has 1 atom stereocenters. The van der Waals surface area contributed by atoms with Crippen LogP contribution in [0.15, 0.2) is 24.3 Å². The van der Waals surface area contributed by atoms with Crippen LogP contribution in [-0.2, 0) is 6.54 Å². The molecule has 3 heteroatoms. The molecule has 0 radical (unpaired) electrons. The Kier molecular flexibility index (Phi) is 8.79. The number of hydrogen-bond acceptors (Lipinski definition) is 3. The second kappa shape index (κ2) is 10.1. The molecule has 0 heterocycles. The second-order valence-corrected chi connectivity index (χ2v) is 6.72. The topological polar surface area (TPSA) is 21.3 Å². The van der Waals surface area contributed by atoms with Gasteiger partial charge in [0.05, 0.1) is 6.61 Å². The van der Waals surface area contributed by atoms with Crippen LogP contribution in [-0.4, -0.2) is 24.7 Å². The third-order valence-corrected chi connectivity index (χ3v) is 3.94. The van der Waals surface area contributed by atoms with Crippen molar-refractivity contribution < 1.29 is 4.74 Å². The Labute approximate surface area is 128 Å². The van der Waals surface area contributed by atoms with Crippen LogP contribution in [0.5, 0.6) is 5.75 Å². The van der Waals surface area contributed by atoms with E-state index in [0.29, 0.717) is 12.0 Å². The lowest BCUT2D eigenvalue weighted by atomic mass is 10.1. The normalized spacial score (nSPS) is 12.7. The van der Waals surface area contributed by atoms with Crippen LogP contribution in [0.25, 0.3) is 0 Å². The molecule has 1 aromatic rings. The second-order valence-electron chi connectivity index (χ2n) is 5.74. The number of benzene rings is 1. The van der Waals surface area contributed by atoms with Gasteiger partial charge in [0.2, 0.25) is 0 Å². The average molecular weight is 295 g/mol. The Bertz CT molecular complexity index is 351. The third-order valence-electron chi connectivity index (χ3n) is 3.30. The highest BCUT2D eigenvalue weighted by molar-refractivity contribution is 7.98. The molecule has 1 N–H and O–H groups in total. The van der Waals surface area contributed by atoms with Crippen LogP contribution in [0.2, 0.25) is 0 Å². The van der Waals surface area contributed by atoms with Gasteiger partial charge >= 0.3 is 0 Å². The van der Waals surface area contributed by atoms with Crippen molar-refractivity contribution in [1.29, 1.82) is 0 Å². The van der Waals surface area contributed by atoms with E-state index in [1.807, 2.05) is 11.8 Å². The van der Waals surface area contributed by atoms with Crippen molar-refractivity contribution in [2.75, 3.05) is 18.6 Å². The summed E-state index contributed by atoms with van der Waals surface area (Å²) < 4.78 is 5.73. The Morgan fingerprint density at radius 1 is 1.10 bits per heavy atom. The fraction of sp³-hybridized carbons (Fsp3) is 0.647. The summed E-state index contributed by atoms with van der Waals surface area (Å²) in [5, 5.41) is 3.56. The standard InChI is InChI=1S/C17H29NOS/c1-14(2)9-11-19-17-7-5-16(6-8-17)13-18-15(3)10-12-20-4/h5-8,14-15,18H,9-13H2,1-4H3. The molecule has 1 unspecified atom stereocenters. The van der Waals surface area contributed by atoms with Gasteiger partial charge in [0, 0.05) is 12.6 Å². The van der Waals surface area contributed by atoms with Crippen molar-refractivity contribution in [2.24, 2.45) is 5.92 Å². The van der Waals surface area contributed by atoms with E-state index in [-0.39, 0.29) is 0 Å².